The molecular formula is C18H15NO3. The molecular weight excluding hydrogens is 278 g/mol. The molecule has 0 aliphatic rings. The Labute approximate surface area is 127 Å². The zero-order valence-electron chi connectivity index (χ0n) is 12.1. The van der Waals surface area contributed by atoms with Crippen LogP contribution >= 0.6 is 0 Å². The number of carbonyl (C=O) groups excluding carboxylic acids is 2. The summed E-state index contributed by atoms with van der Waals surface area (Å²) in [6.45, 7) is 1.30. The molecule has 3 rings (SSSR count). The van der Waals surface area contributed by atoms with Crippen LogP contribution in [0.5, 0.6) is 0 Å². The summed E-state index contributed by atoms with van der Waals surface area (Å²) in [4.78, 5) is 27.3. The smallest absolute Gasteiger partial charge is 0.303 e. The molecule has 0 radical (unpaired) electrons. The van der Waals surface area contributed by atoms with E-state index in [1.165, 1.54) is 6.92 Å². The van der Waals surface area contributed by atoms with Crippen molar-refractivity contribution in [2.45, 2.75) is 13.0 Å². The van der Waals surface area contributed by atoms with Gasteiger partial charge in [0, 0.05) is 35.2 Å². The summed E-state index contributed by atoms with van der Waals surface area (Å²) >= 11 is 0. The predicted octanol–water partition coefficient (Wildman–Crippen LogP) is 3.66. The lowest BCUT2D eigenvalue weighted by Gasteiger charge is -2.16. The van der Waals surface area contributed by atoms with E-state index in [1.54, 1.807) is 18.3 Å². The first-order chi connectivity index (χ1) is 10.7. The van der Waals surface area contributed by atoms with Crippen LogP contribution in [0.15, 0.2) is 60.8 Å². The first-order valence-corrected chi connectivity index (χ1v) is 6.99. The number of hydrogen-bond donors (Lipinski definition) is 1. The molecule has 0 fully saturated rings. The first-order valence-electron chi connectivity index (χ1n) is 6.99. The van der Waals surface area contributed by atoms with E-state index in [4.69, 9.17) is 4.74 Å². The number of aromatic nitrogens is 1. The van der Waals surface area contributed by atoms with Crippen LogP contribution in [0.1, 0.15) is 28.9 Å². The number of para-hydroxylation sites is 1. The van der Waals surface area contributed by atoms with E-state index in [1.807, 2.05) is 42.5 Å². The molecule has 0 aliphatic heterocycles. The fraction of sp³-hybridized carbons (Fsp3) is 0.111. The third kappa shape index (κ3) is 2.63. The Balaban J connectivity index is 2.04. The molecule has 1 N–H and O–H groups in total. The van der Waals surface area contributed by atoms with E-state index in [-0.39, 0.29) is 5.78 Å². The second-order valence-corrected chi connectivity index (χ2v) is 5.01. The average Bonchev–Trinajstić information content (AvgIpc) is 2.97. The molecule has 0 amide bonds. The monoisotopic (exact) mass is 293 g/mol. The van der Waals surface area contributed by atoms with Gasteiger partial charge in [0.05, 0.1) is 0 Å². The number of fused-ring (bicyclic) bond motifs is 1. The van der Waals surface area contributed by atoms with Crippen molar-refractivity contribution in [1.82, 2.24) is 4.98 Å². The lowest BCUT2D eigenvalue weighted by Crippen LogP contribution is -2.18. The fourth-order valence-corrected chi connectivity index (χ4v) is 2.48. The number of benzene rings is 2. The van der Waals surface area contributed by atoms with Gasteiger partial charge in [0.15, 0.2) is 6.10 Å². The van der Waals surface area contributed by atoms with Crippen molar-refractivity contribution >= 4 is 22.7 Å². The van der Waals surface area contributed by atoms with Crippen molar-refractivity contribution in [3.8, 4) is 0 Å². The van der Waals surface area contributed by atoms with Crippen LogP contribution in [0, 0.1) is 0 Å². The summed E-state index contributed by atoms with van der Waals surface area (Å²) in [5, 5.41) is 0.820. The van der Waals surface area contributed by atoms with E-state index in [9.17, 15) is 9.59 Å². The Morgan fingerprint density at radius 1 is 1.00 bits per heavy atom. The summed E-state index contributed by atoms with van der Waals surface area (Å²) in [7, 11) is 0. The molecule has 0 unspecified atom stereocenters. The fourth-order valence-electron chi connectivity index (χ4n) is 2.48. The number of hydrogen-bond acceptors (Lipinski definition) is 3. The number of ketones is 1. The van der Waals surface area contributed by atoms with Gasteiger partial charge in [-0.1, -0.05) is 48.5 Å². The van der Waals surface area contributed by atoms with E-state index in [0.29, 0.717) is 11.1 Å². The second-order valence-electron chi connectivity index (χ2n) is 5.01. The maximum Gasteiger partial charge on any atom is 0.303 e. The van der Waals surface area contributed by atoms with Crippen LogP contribution < -0.4 is 0 Å². The van der Waals surface area contributed by atoms with E-state index < -0.39 is 12.1 Å². The topological polar surface area (TPSA) is 59.2 Å². The number of H-pyrrole nitrogens is 1. The van der Waals surface area contributed by atoms with E-state index in [0.717, 1.165) is 10.9 Å². The molecule has 1 atom stereocenters. The Morgan fingerprint density at radius 3 is 2.41 bits per heavy atom. The molecule has 0 saturated heterocycles. The van der Waals surface area contributed by atoms with Crippen LogP contribution in [0.4, 0.5) is 0 Å². The van der Waals surface area contributed by atoms with E-state index in [2.05, 4.69) is 4.98 Å². The summed E-state index contributed by atoms with van der Waals surface area (Å²) in [5.74, 6) is -0.721. The predicted molar refractivity (Wildman–Crippen MR) is 83.6 cm³/mol. The number of rotatable bonds is 4. The van der Waals surface area contributed by atoms with Crippen molar-refractivity contribution < 1.29 is 14.3 Å². The van der Waals surface area contributed by atoms with Crippen molar-refractivity contribution in [1.29, 1.82) is 0 Å². The number of Topliss-reactive ketones (excluding diaryl/α,β-unsaturated/α-hetero) is 1. The normalized spacial score (nSPS) is 12.0. The van der Waals surface area contributed by atoms with Crippen molar-refractivity contribution in [3.05, 3.63) is 71.9 Å². The van der Waals surface area contributed by atoms with Crippen molar-refractivity contribution in [2.24, 2.45) is 0 Å². The average molecular weight is 293 g/mol. The van der Waals surface area contributed by atoms with Crippen molar-refractivity contribution in [2.75, 3.05) is 0 Å². The van der Waals surface area contributed by atoms with Gasteiger partial charge in [-0.3, -0.25) is 9.59 Å². The van der Waals surface area contributed by atoms with Crippen LogP contribution in [0.25, 0.3) is 10.9 Å². The zero-order valence-corrected chi connectivity index (χ0v) is 12.1. The Morgan fingerprint density at radius 2 is 1.68 bits per heavy atom. The molecule has 3 aromatic rings. The Kier molecular flexibility index (Phi) is 3.74. The molecule has 110 valence electrons. The SMILES string of the molecule is CC(=O)O[C@H](C(=O)c1c[nH]c2ccccc12)c1ccccc1. The lowest BCUT2D eigenvalue weighted by atomic mass is 9.99. The maximum absolute atomic E-state index is 12.9. The van der Waals surface area contributed by atoms with Gasteiger partial charge in [-0.2, -0.15) is 0 Å². The number of esters is 1. The summed E-state index contributed by atoms with van der Waals surface area (Å²) in [6.07, 6.45) is 0.727. The molecule has 4 nitrogen and oxygen atoms in total. The summed E-state index contributed by atoms with van der Waals surface area (Å²) in [6, 6.07) is 16.6. The minimum Gasteiger partial charge on any atom is -0.449 e. The molecule has 0 aliphatic carbocycles. The standard InChI is InChI=1S/C18H15NO3/c1-12(20)22-18(13-7-3-2-4-8-13)17(21)15-11-19-16-10-6-5-9-14(15)16/h2-11,18-19H,1H3/t18-/m0/s1. The minimum atomic E-state index is -0.932. The maximum atomic E-state index is 12.9. The van der Waals surface area contributed by atoms with Crippen LogP contribution in [-0.2, 0) is 9.53 Å². The first kappa shape index (κ1) is 14.1. The molecule has 1 aromatic heterocycles. The quantitative estimate of drug-likeness (QED) is 0.590. The lowest BCUT2D eigenvalue weighted by molar-refractivity contribution is -0.144. The Hall–Kier alpha value is -2.88. The van der Waals surface area contributed by atoms with Gasteiger partial charge in [0.2, 0.25) is 5.78 Å². The highest BCUT2D eigenvalue weighted by Gasteiger charge is 2.26. The van der Waals surface area contributed by atoms with Crippen LogP contribution in [0.3, 0.4) is 0 Å². The third-order valence-corrected chi connectivity index (χ3v) is 3.48. The minimum absolute atomic E-state index is 0.237. The van der Waals surface area contributed by atoms with Gasteiger partial charge in [-0.05, 0) is 6.07 Å². The van der Waals surface area contributed by atoms with Gasteiger partial charge >= 0.3 is 5.97 Å². The number of carbonyl (C=O) groups is 2. The Bertz CT molecular complexity index is 820. The second kappa shape index (κ2) is 5.85. The third-order valence-electron chi connectivity index (χ3n) is 3.48. The summed E-state index contributed by atoms with van der Waals surface area (Å²) in [5.41, 5.74) is 2.05. The molecule has 0 saturated carbocycles. The van der Waals surface area contributed by atoms with Gasteiger partial charge < -0.3 is 9.72 Å². The highest BCUT2D eigenvalue weighted by atomic mass is 16.5. The summed E-state index contributed by atoms with van der Waals surface area (Å²) < 4.78 is 5.27. The molecule has 2 aromatic carbocycles. The molecule has 4 heteroatoms. The van der Waals surface area contributed by atoms with Crippen LogP contribution in [0.2, 0.25) is 0 Å². The van der Waals surface area contributed by atoms with Gasteiger partial charge in [-0.25, -0.2) is 0 Å². The zero-order chi connectivity index (χ0) is 15.5. The van der Waals surface area contributed by atoms with Gasteiger partial charge in [0.25, 0.3) is 0 Å². The molecule has 1 heterocycles. The number of aromatic amines is 1. The van der Waals surface area contributed by atoms with Crippen molar-refractivity contribution in [3.63, 3.8) is 0 Å². The molecule has 0 bridgehead atoms. The number of ether oxygens (including phenoxy) is 1. The molecule has 0 spiro atoms. The van der Waals surface area contributed by atoms with E-state index >= 15 is 0 Å². The van der Waals surface area contributed by atoms with Gasteiger partial charge in [-0.15, -0.1) is 0 Å². The van der Waals surface area contributed by atoms with Crippen LogP contribution in [-0.4, -0.2) is 16.7 Å². The molecule has 22 heavy (non-hydrogen) atoms. The highest BCUT2D eigenvalue weighted by molar-refractivity contribution is 6.10. The highest BCUT2D eigenvalue weighted by Crippen LogP contribution is 2.27. The van der Waals surface area contributed by atoms with Gasteiger partial charge in [0.1, 0.15) is 0 Å². The largest absolute Gasteiger partial charge is 0.449 e. The number of nitrogens with one attached hydrogen (secondary N) is 1.